The van der Waals surface area contributed by atoms with E-state index in [1.807, 2.05) is 32.0 Å². The Morgan fingerprint density at radius 3 is 2.38 bits per heavy atom. The summed E-state index contributed by atoms with van der Waals surface area (Å²) in [6, 6.07) is 7.46. The van der Waals surface area contributed by atoms with Crippen LogP contribution in [0.5, 0.6) is 0 Å². The highest BCUT2D eigenvalue weighted by Crippen LogP contribution is 2.12. The predicted octanol–water partition coefficient (Wildman–Crippen LogP) is 2.93. The second kappa shape index (κ2) is 5.77. The molecule has 0 spiro atoms. The molecule has 1 aromatic heterocycles. The van der Waals surface area contributed by atoms with Gasteiger partial charge in [-0.1, -0.05) is 38.0 Å². The number of H-pyrrole nitrogens is 1. The normalized spacial score (nSPS) is 8.69. The van der Waals surface area contributed by atoms with Gasteiger partial charge >= 0.3 is 0 Å². The summed E-state index contributed by atoms with van der Waals surface area (Å²) in [6.07, 6.45) is 1.65. The molecule has 0 unspecified atom stereocenters. The lowest BCUT2D eigenvalue weighted by atomic mass is 10.1. The quantitative estimate of drug-likeness (QED) is 0.670. The second-order valence-electron chi connectivity index (χ2n) is 2.95. The molecule has 2 rings (SSSR count). The lowest BCUT2D eigenvalue weighted by molar-refractivity contribution is 1.27. The van der Waals surface area contributed by atoms with Gasteiger partial charge in [0.05, 0.1) is 0 Å². The van der Waals surface area contributed by atoms with Crippen LogP contribution in [-0.2, 0) is 0 Å². The minimum absolute atomic E-state index is 0.0674. The van der Waals surface area contributed by atoms with Crippen LogP contribution in [0, 0.1) is 11.8 Å². The first-order valence-corrected chi connectivity index (χ1v) is 5.36. The van der Waals surface area contributed by atoms with Gasteiger partial charge in [-0.15, -0.1) is 5.92 Å². The summed E-state index contributed by atoms with van der Waals surface area (Å²) in [5.74, 6) is 5.78. The van der Waals surface area contributed by atoms with E-state index in [1.165, 1.54) is 0 Å². The van der Waals surface area contributed by atoms with Gasteiger partial charge in [0.1, 0.15) is 0 Å². The van der Waals surface area contributed by atoms with E-state index in [1.54, 1.807) is 19.2 Å². The lowest BCUT2D eigenvalue weighted by Crippen LogP contribution is -2.05. The van der Waals surface area contributed by atoms with Crippen molar-refractivity contribution < 1.29 is 0 Å². The van der Waals surface area contributed by atoms with E-state index in [4.69, 9.17) is 0 Å². The topological polar surface area (TPSA) is 32.9 Å². The molecule has 0 radical (unpaired) electrons. The van der Waals surface area contributed by atoms with Crippen LogP contribution in [0.1, 0.15) is 26.3 Å². The van der Waals surface area contributed by atoms with Crippen molar-refractivity contribution >= 4 is 10.8 Å². The van der Waals surface area contributed by atoms with E-state index in [9.17, 15) is 4.79 Å². The third kappa shape index (κ3) is 2.32. The fourth-order valence-electron chi connectivity index (χ4n) is 1.45. The van der Waals surface area contributed by atoms with Gasteiger partial charge in [-0.25, -0.2) is 0 Å². The molecule has 1 heterocycles. The van der Waals surface area contributed by atoms with E-state index in [-0.39, 0.29) is 5.56 Å². The first-order chi connectivity index (χ1) is 7.83. The van der Waals surface area contributed by atoms with Crippen LogP contribution >= 0.6 is 0 Å². The second-order valence-corrected chi connectivity index (χ2v) is 2.95. The Hall–Kier alpha value is -2.01. The summed E-state index contributed by atoms with van der Waals surface area (Å²) in [4.78, 5) is 14.1. The number of hydrogen-bond donors (Lipinski definition) is 1. The Morgan fingerprint density at radius 1 is 1.12 bits per heavy atom. The Bertz CT molecular complexity index is 585. The summed E-state index contributed by atoms with van der Waals surface area (Å²) in [5.41, 5.74) is 0.796. The molecule has 0 saturated heterocycles. The van der Waals surface area contributed by atoms with Crippen molar-refractivity contribution in [2.45, 2.75) is 20.8 Å². The molecule has 0 amide bonds. The maximum Gasteiger partial charge on any atom is 0.255 e. The third-order valence-electron chi connectivity index (χ3n) is 2.07. The Kier molecular flexibility index (Phi) is 4.35. The average Bonchev–Trinajstić information content (AvgIpc) is 2.36. The van der Waals surface area contributed by atoms with E-state index >= 15 is 0 Å². The summed E-state index contributed by atoms with van der Waals surface area (Å²) >= 11 is 0. The van der Waals surface area contributed by atoms with E-state index < -0.39 is 0 Å². The minimum Gasteiger partial charge on any atom is -0.327 e. The van der Waals surface area contributed by atoms with E-state index in [2.05, 4.69) is 16.8 Å². The highest BCUT2D eigenvalue weighted by atomic mass is 16.1. The number of hydrogen-bond acceptors (Lipinski definition) is 1. The summed E-state index contributed by atoms with van der Waals surface area (Å²) in [6.45, 7) is 5.78. The van der Waals surface area contributed by atoms with Crippen molar-refractivity contribution in [3.05, 3.63) is 46.4 Å². The molecule has 1 N–H and O–H groups in total. The Labute approximate surface area is 95.3 Å². The molecule has 2 heteroatoms. The largest absolute Gasteiger partial charge is 0.327 e. The van der Waals surface area contributed by atoms with Crippen molar-refractivity contribution in [2.24, 2.45) is 0 Å². The number of rotatable bonds is 0. The van der Waals surface area contributed by atoms with Crippen molar-refractivity contribution in [1.29, 1.82) is 0 Å². The number of aromatic amines is 1. The summed E-state index contributed by atoms with van der Waals surface area (Å²) in [5, 5.41) is 1.60. The highest BCUT2D eigenvalue weighted by molar-refractivity contribution is 5.86. The highest BCUT2D eigenvalue weighted by Gasteiger charge is 2.00. The number of pyridine rings is 1. The average molecular weight is 213 g/mol. The van der Waals surface area contributed by atoms with Gasteiger partial charge < -0.3 is 4.98 Å². The minimum atomic E-state index is -0.0674. The molecule has 1 aromatic carbocycles. The number of aromatic nitrogens is 1. The fourth-order valence-corrected chi connectivity index (χ4v) is 1.45. The summed E-state index contributed by atoms with van der Waals surface area (Å²) < 4.78 is 0. The molecule has 0 atom stereocenters. The summed E-state index contributed by atoms with van der Waals surface area (Å²) in [7, 11) is 0. The third-order valence-corrected chi connectivity index (χ3v) is 2.07. The van der Waals surface area contributed by atoms with Crippen LogP contribution in [0.4, 0.5) is 0 Å². The predicted molar refractivity (Wildman–Crippen MR) is 68.5 cm³/mol. The van der Waals surface area contributed by atoms with Crippen LogP contribution in [0.2, 0.25) is 0 Å². The zero-order valence-electron chi connectivity index (χ0n) is 9.79. The van der Waals surface area contributed by atoms with Crippen molar-refractivity contribution in [2.75, 3.05) is 0 Å². The number of nitrogens with one attached hydrogen (secondary N) is 1. The number of fused-ring (bicyclic) bond motifs is 1. The van der Waals surface area contributed by atoms with Crippen LogP contribution in [-0.4, -0.2) is 4.98 Å². The molecule has 0 aliphatic rings. The van der Waals surface area contributed by atoms with Crippen LogP contribution in [0.15, 0.2) is 35.3 Å². The molecule has 0 aliphatic heterocycles. The first-order valence-electron chi connectivity index (χ1n) is 5.36. The molecule has 0 saturated carbocycles. The number of benzene rings is 1. The van der Waals surface area contributed by atoms with Gasteiger partial charge in [0, 0.05) is 22.5 Å². The molecule has 0 aliphatic carbocycles. The molecular weight excluding hydrogens is 198 g/mol. The van der Waals surface area contributed by atoms with Crippen LogP contribution in [0.25, 0.3) is 10.8 Å². The molecule has 2 aromatic rings. The Balaban J connectivity index is 0.000000606. The maximum absolute atomic E-state index is 11.4. The first kappa shape index (κ1) is 12.1. The molecule has 2 nitrogen and oxygen atoms in total. The molecule has 0 fully saturated rings. The van der Waals surface area contributed by atoms with Crippen molar-refractivity contribution in [3.8, 4) is 11.8 Å². The van der Waals surface area contributed by atoms with Crippen LogP contribution < -0.4 is 5.56 Å². The van der Waals surface area contributed by atoms with Crippen molar-refractivity contribution in [3.63, 3.8) is 0 Å². The van der Waals surface area contributed by atoms with Gasteiger partial charge in [-0.3, -0.25) is 4.79 Å². The van der Waals surface area contributed by atoms with E-state index in [0.29, 0.717) is 5.39 Å². The monoisotopic (exact) mass is 213 g/mol. The lowest BCUT2D eigenvalue weighted by Gasteiger charge is -1.98. The molecule has 16 heavy (non-hydrogen) atoms. The van der Waals surface area contributed by atoms with Gasteiger partial charge in [-0.05, 0) is 13.0 Å². The fraction of sp³-hybridized carbons (Fsp3) is 0.214. The van der Waals surface area contributed by atoms with Gasteiger partial charge in [-0.2, -0.15) is 0 Å². The molecule has 82 valence electrons. The SMILES string of the molecule is CC.CC#Cc1c[nH]c(=O)c2ccccc12. The van der Waals surface area contributed by atoms with Gasteiger partial charge in [0.2, 0.25) is 0 Å². The standard InChI is InChI=1S/C12H9NO.C2H6/c1-2-5-9-8-13-12(14)11-7-4-3-6-10(9)11;1-2/h3-4,6-8H,1H3,(H,13,14);1-2H3. The zero-order valence-corrected chi connectivity index (χ0v) is 9.79. The van der Waals surface area contributed by atoms with E-state index in [0.717, 1.165) is 10.9 Å². The van der Waals surface area contributed by atoms with Gasteiger partial charge in [0.15, 0.2) is 0 Å². The van der Waals surface area contributed by atoms with Crippen molar-refractivity contribution in [1.82, 2.24) is 4.98 Å². The smallest absolute Gasteiger partial charge is 0.255 e. The van der Waals surface area contributed by atoms with Gasteiger partial charge in [0.25, 0.3) is 5.56 Å². The maximum atomic E-state index is 11.4. The molecule has 0 bridgehead atoms. The molecular formula is C14H15NO. The Morgan fingerprint density at radius 2 is 1.75 bits per heavy atom. The zero-order chi connectivity index (χ0) is 12.0. The van der Waals surface area contributed by atoms with Crippen LogP contribution in [0.3, 0.4) is 0 Å².